The third-order valence-corrected chi connectivity index (χ3v) is 3.61. The van der Waals surface area contributed by atoms with E-state index >= 15 is 0 Å². The number of aromatic carboxylic acids is 1. The van der Waals surface area contributed by atoms with E-state index < -0.39 is 5.97 Å². The van der Waals surface area contributed by atoms with E-state index in [9.17, 15) is 4.79 Å². The molecule has 7 heteroatoms. The molecule has 0 radical (unpaired) electrons. The van der Waals surface area contributed by atoms with Crippen molar-refractivity contribution < 1.29 is 9.90 Å². The Balaban J connectivity index is 1.79. The van der Waals surface area contributed by atoms with Crippen LogP contribution >= 0.6 is 0 Å². The SMILES string of the molecule is CC(C)(C)c1nnc2ccc(NCc3ccc(C(=O)O)cc3)nn12. The molecule has 7 nitrogen and oxygen atoms in total. The Hall–Kier alpha value is -2.96. The number of fused-ring (bicyclic) bond motifs is 1. The summed E-state index contributed by atoms with van der Waals surface area (Å²) in [6.07, 6.45) is 0. The molecule has 0 bridgehead atoms. The molecule has 0 spiro atoms. The van der Waals surface area contributed by atoms with E-state index in [-0.39, 0.29) is 11.0 Å². The highest BCUT2D eigenvalue weighted by Crippen LogP contribution is 2.20. The van der Waals surface area contributed by atoms with Gasteiger partial charge in [0.25, 0.3) is 0 Å². The molecule has 0 unspecified atom stereocenters. The summed E-state index contributed by atoms with van der Waals surface area (Å²) >= 11 is 0. The van der Waals surface area contributed by atoms with Gasteiger partial charge in [0.2, 0.25) is 0 Å². The van der Waals surface area contributed by atoms with Crippen LogP contribution in [0.25, 0.3) is 5.65 Å². The molecule has 24 heavy (non-hydrogen) atoms. The van der Waals surface area contributed by atoms with Crippen molar-refractivity contribution in [1.29, 1.82) is 0 Å². The van der Waals surface area contributed by atoms with Crippen LogP contribution in [0.2, 0.25) is 0 Å². The lowest BCUT2D eigenvalue weighted by atomic mass is 9.96. The molecule has 3 rings (SSSR count). The summed E-state index contributed by atoms with van der Waals surface area (Å²) in [6, 6.07) is 10.5. The summed E-state index contributed by atoms with van der Waals surface area (Å²) in [5, 5.41) is 25.1. The Morgan fingerprint density at radius 2 is 1.83 bits per heavy atom. The van der Waals surface area contributed by atoms with Crippen LogP contribution in [-0.2, 0) is 12.0 Å². The highest BCUT2D eigenvalue weighted by molar-refractivity contribution is 5.87. The Labute approximate surface area is 139 Å². The summed E-state index contributed by atoms with van der Waals surface area (Å²) in [4.78, 5) is 10.9. The average molecular weight is 325 g/mol. The zero-order valence-corrected chi connectivity index (χ0v) is 13.8. The first-order valence-electron chi connectivity index (χ1n) is 7.63. The van der Waals surface area contributed by atoms with Crippen LogP contribution in [0.15, 0.2) is 36.4 Å². The Kier molecular flexibility index (Phi) is 3.92. The second-order valence-corrected chi connectivity index (χ2v) is 6.62. The van der Waals surface area contributed by atoms with Gasteiger partial charge in [0, 0.05) is 12.0 Å². The van der Waals surface area contributed by atoms with Gasteiger partial charge in [-0.15, -0.1) is 15.3 Å². The number of carbonyl (C=O) groups is 1. The van der Waals surface area contributed by atoms with Gasteiger partial charge < -0.3 is 10.4 Å². The molecule has 2 N–H and O–H groups in total. The standard InChI is InChI=1S/C17H19N5O2/c1-17(2,3)16-20-19-14-9-8-13(21-22(14)16)18-10-11-4-6-12(7-5-11)15(23)24/h4-9H,10H2,1-3H3,(H,18,21)(H,23,24). The second kappa shape index (κ2) is 5.92. The number of hydrogen-bond acceptors (Lipinski definition) is 5. The maximum Gasteiger partial charge on any atom is 0.335 e. The Morgan fingerprint density at radius 1 is 1.12 bits per heavy atom. The Morgan fingerprint density at radius 3 is 2.46 bits per heavy atom. The lowest BCUT2D eigenvalue weighted by Gasteiger charge is -2.15. The molecular weight excluding hydrogens is 306 g/mol. The van der Waals surface area contributed by atoms with E-state index in [1.165, 1.54) is 0 Å². The maximum absolute atomic E-state index is 10.9. The molecule has 1 aromatic carbocycles. The molecule has 0 aliphatic rings. The van der Waals surface area contributed by atoms with Crippen LogP contribution in [0.3, 0.4) is 0 Å². The van der Waals surface area contributed by atoms with Gasteiger partial charge in [-0.25, -0.2) is 4.79 Å². The number of rotatable bonds is 4. The molecular formula is C17H19N5O2. The lowest BCUT2D eigenvalue weighted by molar-refractivity contribution is 0.0697. The number of hydrogen-bond donors (Lipinski definition) is 2. The average Bonchev–Trinajstić information content (AvgIpc) is 2.96. The molecule has 0 atom stereocenters. The van der Waals surface area contributed by atoms with Crippen molar-refractivity contribution in [3.05, 3.63) is 53.3 Å². The highest BCUT2D eigenvalue weighted by Gasteiger charge is 2.21. The molecule has 0 aliphatic heterocycles. The summed E-state index contributed by atoms with van der Waals surface area (Å²) in [5.74, 6) is 0.575. The van der Waals surface area contributed by atoms with Crippen molar-refractivity contribution in [3.8, 4) is 0 Å². The fourth-order valence-corrected chi connectivity index (χ4v) is 2.31. The van der Waals surface area contributed by atoms with Crippen LogP contribution < -0.4 is 5.32 Å². The smallest absolute Gasteiger partial charge is 0.335 e. The Bertz CT molecular complexity index is 878. The predicted octanol–water partition coefficient (Wildman–Crippen LogP) is 2.73. The molecule has 2 heterocycles. The van der Waals surface area contributed by atoms with Crippen LogP contribution in [0.4, 0.5) is 5.82 Å². The van der Waals surface area contributed by atoms with E-state index in [4.69, 9.17) is 5.11 Å². The molecule has 0 saturated heterocycles. The van der Waals surface area contributed by atoms with Crippen molar-refractivity contribution in [1.82, 2.24) is 19.8 Å². The minimum absolute atomic E-state index is 0.155. The van der Waals surface area contributed by atoms with Crippen molar-refractivity contribution in [2.24, 2.45) is 0 Å². The number of carboxylic acids is 1. The minimum Gasteiger partial charge on any atom is -0.478 e. The van der Waals surface area contributed by atoms with E-state index in [1.54, 1.807) is 28.8 Å². The van der Waals surface area contributed by atoms with E-state index in [0.29, 0.717) is 18.0 Å². The van der Waals surface area contributed by atoms with Gasteiger partial charge in [-0.05, 0) is 29.8 Å². The fourth-order valence-electron chi connectivity index (χ4n) is 2.31. The molecule has 0 fully saturated rings. The summed E-state index contributed by atoms with van der Waals surface area (Å²) in [7, 11) is 0. The maximum atomic E-state index is 10.9. The number of anilines is 1. The molecule has 0 saturated carbocycles. The monoisotopic (exact) mass is 325 g/mol. The number of benzene rings is 1. The fraction of sp³-hybridized carbons (Fsp3) is 0.294. The molecule has 124 valence electrons. The van der Waals surface area contributed by atoms with Gasteiger partial charge in [-0.3, -0.25) is 0 Å². The number of carboxylic acid groups (broad SMARTS) is 1. The normalized spacial score (nSPS) is 11.6. The van der Waals surface area contributed by atoms with Gasteiger partial charge in [-0.1, -0.05) is 32.9 Å². The van der Waals surface area contributed by atoms with E-state index in [0.717, 1.165) is 11.4 Å². The minimum atomic E-state index is -0.927. The molecule has 0 amide bonds. The van der Waals surface area contributed by atoms with Gasteiger partial charge in [0.15, 0.2) is 11.5 Å². The summed E-state index contributed by atoms with van der Waals surface area (Å²) in [6.45, 7) is 6.74. The van der Waals surface area contributed by atoms with Crippen molar-refractivity contribution in [2.45, 2.75) is 32.7 Å². The quantitative estimate of drug-likeness (QED) is 0.766. The summed E-state index contributed by atoms with van der Waals surface area (Å²) in [5.41, 5.74) is 1.80. The van der Waals surface area contributed by atoms with Crippen LogP contribution in [-0.4, -0.2) is 30.9 Å². The van der Waals surface area contributed by atoms with Crippen LogP contribution in [0.5, 0.6) is 0 Å². The van der Waals surface area contributed by atoms with Gasteiger partial charge in [0.05, 0.1) is 5.56 Å². The first kappa shape index (κ1) is 15.9. The van der Waals surface area contributed by atoms with Crippen molar-refractivity contribution in [3.63, 3.8) is 0 Å². The second-order valence-electron chi connectivity index (χ2n) is 6.62. The highest BCUT2D eigenvalue weighted by atomic mass is 16.4. The largest absolute Gasteiger partial charge is 0.478 e. The first-order chi connectivity index (χ1) is 11.3. The third-order valence-electron chi connectivity index (χ3n) is 3.61. The van der Waals surface area contributed by atoms with Gasteiger partial charge in [0.1, 0.15) is 5.82 Å². The zero-order valence-electron chi connectivity index (χ0n) is 13.8. The number of aromatic nitrogens is 4. The molecule has 3 aromatic rings. The topological polar surface area (TPSA) is 92.4 Å². The van der Waals surface area contributed by atoms with Crippen LogP contribution in [0, 0.1) is 0 Å². The van der Waals surface area contributed by atoms with Crippen LogP contribution in [0.1, 0.15) is 42.5 Å². The number of nitrogens with one attached hydrogen (secondary N) is 1. The molecule has 2 aromatic heterocycles. The first-order valence-corrected chi connectivity index (χ1v) is 7.63. The number of nitrogens with zero attached hydrogens (tertiary/aromatic N) is 4. The van der Waals surface area contributed by atoms with E-state index in [1.807, 2.05) is 12.1 Å². The van der Waals surface area contributed by atoms with Gasteiger partial charge in [-0.2, -0.15) is 4.52 Å². The van der Waals surface area contributed by atoms with Crippen molar-refractivity contribution >= 4 is 17.4 Å². The predicted molar refractivity (Wildman–Crippen MR) is 90.2 cm³/mol. The third kappa shape index (κ3) is 3.19. The van der Waals surface area contributed by atoms with E-state index in [2.05, 4.69) is 41.4 Å². The zero-order chi connectivity index (χ0) is 17.3. The van der Waals surface area contributed by atoms with Gasteiger partial charge >= 0.3 is 5.97 Å². The molecule has 0 aliphatic carbocycles. The lowest BCUT2D eigenvalue weighted by Crippen LogP contribution is -2.17. The summed E-state index contributed by atoms with van der Waals surface area (Å²) < 4.78 is 1.75. The van der Waals surface area contributed by atoms with Crippen molar-refractivity contribution in [2.75, 3.05) is 5.32 Å².